The Morgan fingerprint density at radius 3 is 2.07 bits per heavy atom. The SMILES string of the molecule is CC(C)(C)CCNC(=O)CCC(C)(C)N. The lowest BCUT2D eigenvalue weighted by Gasteiger charge is -2.19. The average Bonchev–Trinajstić information content (AvgIpc) is 1.97. The lowest BCUT2D eigenvalue weighted by Crippen LogP contribution is -2.35. The summed E-state index contributed by atoms with van der Waals surface area (Å²) in [5.74, 6) is 0.109. The molecule has 0 rings (SSSR count). The van der Waals surface area contributed by atoms with Crippen LogP contribution in [0.1, 0.15) is 53.9 Å². The molecule has 3 N–H and O–H groups in total. The Balaban J connectivity index is 3.60. The number of carbonyl (C=O) groups is 1. The van der Waals surface area contributed by atoms with Crippen LogP contribution in [0.2, 0.25) is 0 Å². The molecule has 0 heterocycles. The lowest BCUT2D eigenvalue weighted by molar-refractivity contribution is -0.121. The second kappa shape index (κ2) is 5.50. The first-order valence-electron chi connectivity index (χ1n) is 5.66. The molecule has 0 saturated heterocycles. The number of nitrogens with one attached hydrogen (secondary N) is 1. The van der Waals surface area contributed by atoms with Gasteiger partial charge in [0.25, 0.3) is 0 Å². The van der Waals surface area contributed by atoms with Gasteiger partial charge in [0, 0.05) is 18.5 Å². The van der Waals surface area contributed by atoms with E-state index in [-0.39, 0.29) is 16.9 Å². The van der Waals surface area contributed by atoms with Gasteiger partial charge in [0.15, 0.2) is 0 Å². The van der Waals surface area contributed by atoms with Crippen LogP contribution in [0.4, 0.5) is 0 Å². The van der Waals surface area contributed by atoms with Gasteiger partial charge in [-0.05, 0) is 32.1 Å². The normalized spacial score (nSPS) is 12.7. The van der Waals surface area contributed by atoms with E-state index in [0.29, 0.717) is 6.42 Å². The molecule has 0 atom stereocenters. The highest BCUT2D eigenvalue weighted by molar-refractivity contribution is 5.75. The van der Waals surface area contributed by atoms with E-state index < -0.39 is 0 Å². The van der Waals surface area contributed by atoms with E-state index in [4.69, 9.17) is 5.73 Å². The van der Waals surface area contributed by atoms with Crippen molar-refractivity contribution in [3.8, 4) is 0 Å². The van der Waals surface area contributed by atoms with Crippen LogP contribution >= 0.6 is 0 Å². The minimum Gasteiger partial charge on any atom is -0.356 e. The summed E-state index contributed by atoms with van der Waals surface area (Å²) in [6.07, 6.45) is 2.26. The van der Waals surface area contributed by atoms with Crippen LogP contribution in [0.3, 0.4) is 0 Å². The molecule has 0 radical (unpaired) electrons. The van der Waals surface area contributed by atoms with E-state index in [9.17, 15) is 4.79 Å². The Labute approximate surface area is 93.8 Å². The largest absolute Gasteiger partial charge is 0.356 e. The highest BCUT2D eigenvalue weighted by atomic mass is 16.1. The van der Waals surface area contributed by atoms with Crippen molar-refractivity contribution in [1.82, 2.24) is 5.32 Å². The van der Waals surface area contributed by atoms with Crippen molar-refractivity contribution in [1.29, 1.82) is 0 Å². The summed E-state index contributed by atoms with van der Waals surface area (Å²) in [5.41, 5.74) is 5.83. The molecule has 0 spiro atoms. The van der Waals surface area contributed by atoms with Gasteiger partial charge in [0.05, 0.1) is 0 Å². The molecule has 0 aliphatic carbocycles. The van der Waals surface area contributed by atoms with Crippen molar-refractivity contribution in [2.24, 2.45) is 11.1 Å². The summed E-state index contributed by atoms with van der Waals surface area (Å²) in [6, 6.07) is 0. The summed E-state index contributed by atoms with van der Waals surface area (Å²) in [7, 11) is 0. The molecule has 0 saturated carbocycles. The Morgan fingerprint density at radius 2 is 1.67 bits per heavy atom. The molecule has 0 bridgehead atoms. The second-order valence-corrected chi connectivity index (χ2v) is 6.15. The number of nitrogens with two attached hydrogens (primary N) is 1. The minimum atomic E-state index is -0.249. The van der Waals surface area contributed by atoms with Crippen LogP contribution in [0.5, 0.6) is 0 Å². The maximum Gasteiger partial charge on any atom is 0.220 e. The molecule has 0 aromatic carbocycles. The monoisotopic (exact) mass is 214 g/mol. The van der Waals surface area contributed by atoms with Crippen molar-refractivity contribution in [2.45, 2.75) is 59.4 Å². The summed E-state index contributed by atoms with van der Waals surface area (Å²) >= 11 is 0. The van der Waals surface area contributed by atoms with Crippen LogP contribution in [-0.2, 0) is 4.79 Å². The third-order valence-electron chi connectivity index (χ3n) is 2.19. The van der Waals surface area contributed by atoms with Crippen molar-refractivity contribution in [3.63, 3.8) is 0 Å². The first kappa shape index (κ1) is 14.4. The Morgan fingerprint density at radius 1 is 1.13 bits per heavy atom. The summed E-state index contributed by atoms with van der Waals surface area (Å²) in [4.78, 5) is 11.4. The van der Waals surface area contributed by atoms with Crippen LogP contribution in [0.25, 0.3) is 0 Å². The molecular weight excluding hydrogens is 188 g/mol. The highest BCUT2D eigenvalue weighted by Crippen LogP contribution is 2.17. The molecule has 15 heavy (non-hydrogen) atoms. The molecule has 0 unspecified atom stereocenters. The molecule has 3 nitrogen and oxygen atoms in total. The minimum absolute atomic E-state index is 0.109. The summed E-state index contributed by atoms with van der Waals surface area (Å²) in [5, 5.41) is 2.92. The standard InChI is InChI=1S/C12H26N2O/c1-11(2,3)8-9-14-10(15)6-7-12(4,5)13/h6-9,13H2,1-5H3,(H,14,15). The fourth-order valence-electron chi connectivity index (χ4n) is 1.10. The Kier molecular flexibility index (Phi) is 5.29. The number of amides is 1. The molecule has 3 heteroatoms. The van der Waals surface area contributed by atoms with Crippen molar-refractivity contribution < 1.29 is 4.79 Å². The summed E-state index contributed by atoms with van der Waals surface area (Å²) in [6.45, 7) is 11.1. The fraction of sp³-hybridized carbons (Fsp3) is 0.917. The zero-order valence-corrected chi connectivity index (χ0v) is 10.8. The predicted octanol–water partition coefficient (Wildman–Crippen LogP) is 2.06. The van der Waals surface area contributed by atoms with Crippen LogP contribution in [0, 0.1) is 5.41 Å². The third kappa shape index (κ3) is 11.4. The zero-order chi connectivity index (χ0) is 12.1. The smallest absolute Gasteiger partial charge is 0.220 e. The predicted molar refractivity (Wildman–Crippen MR) is 64.6 cm³/mol. The second-order valence-electron chi connectivity index (χ2n) is 6.15. The van der Waals surface area contributed by atoms with Gasteiger partial charge in [-0.25, -0.2) is 0 Å². The van der Waals surface area contributed by atoms with Crippen LogP contribution in [-0.4, -0.2) is 18.0 Å². The zero-order valence-electron chi connectivity index (χ0n) is 10.8. The Bertz CT molecular complexity index is 199. The first-order chi connectivity index (χ1) is 6.60. The number of rotatable bonds is 5. The van der Waals surface area contributed by atoms with Gasteiger partial charge < -0.3 is 11.1 Å². The molecule has 0 aliphatic heterocycles. The quantitative estimate of drug-likeness (QED) is 0.736. The van der Waals surface area contributed by atoms with E-state index >= 15 is 0 Å². The summed E-state index contributed by atoms with van der Waals surface area (Å²) < 4.78 is 0. The van der Waals surface area contributed by atoms with Crippen molar-refractivity contribution in [3.05, 3.63) is 0 Å². The maximum atomic E-state index is 11.4. The molecule has 90 valence electrons. The van der Waals surface area contributed by atoms with E-state index in [0.717, 1.165) is 19.4 Å². The maximum absolute atomic E-state index is 11.4. The fourth-order valence-corrected chi connectivity index (χ4v) is 1.10. The molecule has 0 fully saturated rings. The van der Waals surface area contributed by atoms with Gasteiger partial charge in [0.2, 0.25) is 5.91 Å². The van der Waals surface area contributed by atoms with E-state index in [1.165, 1.54) is 0 Å². The molecular formula is C12H26N2O. The van der Waals surface area contributed by atoms with Crippen molar-refractivity contribution >= 4 is 5.91 Å². The molecule has 0 aromatic heterocycles. The topological polar surface area (TPSA) is 55.1 Å². The average molecular weight is 214 g/mol. The van der Waals surface area contributed by atoms with Gasteiger partial charge >= 0.3 is 0 Å². The van der Waals surface area contributed by atoms with Crippen molar-refractivity contribution in [2.75, 3.05) is 6.54 Å². The number of carbonyl (C=O) groups excluding carboxylic acids is 1. The highest BCUT2D eigenvalue weighted by Gasteiger charge is 2.14. The number of hydrogen-bond donors (Lipinski definition) is 2. The molecule has 1 amide bonds. The molecule has 0 aliphatic rings. The third-order valence-corrected chi connectivity index (χ3v) is 2.19. The van der Waals surface area contributed by atoms with Gasteiger partial charge in [-0.2, -0.15) is 0 Å². The molecule has 0 aromatic rings. The van der Waals surface area contributed by atoms with Gasteiger partial charge in [0.1, 0.15) is 0 Å². The lowest BCUT2D eigenvalue weighted by atomic mass is 9.92. The van der Waals surface area contributed by atoms with E-state index in [1.807, 2.05) is 13.8 Å². The Hall–Kier alpha value is -0.570. The van der Waals surface area contributed by atoms with E-state index in [2.05, 4.69) is 26.1 Å². The number of hydrogen-bond acceptors (Lipinski definition) is 2. The van der Waals surface area contributed by atoms with E-state index in [1.54, 1.807) is 0 Å². The van der Waals surface area contributed by atoms with Gasteiger partial charge in [-0.3, -0.25) is 4.79 Å². The van der Waals surface area contributed by atoms with Gasteiger partial charge in [-0.15, -0.1) is 0 Å². The van der Waals surface area contributed by atoms with Crippen LogP contribution < -0.4 is 11.1 Å². The van der Waals surface area contributed by atoms with Gasteiger partial charge in [-0.1, -0.05) is 20.8 Å². The first-order valence-corrected chi connectivity index (χ1v) is 5.66. The van der Waals surface area contributed by atoms with Crippen LogP contribution in [0.15, 0.2) is 0 Å².